The van der Waals surface area contributed by atoms with E-state index < -0.39 is 0 Å². The molecule has 0 aliphatic heterocycles. The van der Waals surface area contributed by atoms with Gasteiger partial charge in [-0.15, -0.1) is 11.3 Å². The van der Waals surface area contributed by atoms with Gasteiger partial charge in [-0.25, -0.2) is 4.39 Å². The van der Waals surface area contributed by atoms with Crippen molar-refractivity contribution in [3.63, 3.8) is 0 Å². The Hall–Kier alpha value is -1.70. The average Bonchev–Trinajstić information content (AvgIpc) is 2.84. The highest BCUT2D eigenvalue weighted by atomic mass is 32.1. The molecule has 0 saturated carbocycles. The van der Waals surface area contributed by atoms with Crippen molar-refractivity contribution in [3.05, 3.63) is 57.5 Å². The number of nitriles is 1. The molecule has 1 aromatic carbocycles. The topological polar surface area (TPSA) is 35.8 Å². The zero-order valence-corrected chi connectivity index (χ0v) is 10.8. The third-order valence-electron chi connectivity index (χ3n) is 2.74. The van der Waals surface area contributed by atoms with Crippen molar-refractivity contribution in [3.8, 4) is 6.07 Å². The second-order valence-electron chi connectivity index (χ2n) is 4.04. The minimum Gasteiger partial charge on any atom is -0.305 e. The van der Waals surface area contributed by atoms with E-state index in [0.29, 0.717) is 17.7 Å². The van der Waals surface area contributed by atoms with Crippen LogP contribution in [0.5, 0.6) is 0 Å². The van der Waals surface area contributed by atoms with Crippen molar-refractivity contribution < 1.29 is 4.39 Å². The first kappa shape index (κ1) is 12.7. The van der Waals surface area contributed by atoms with Crippen LogP contribution in [0.2, 0.25) is 0 Å². The van der Waals surface area contributed by atoms with Gasteiger partial charge < -0.3 is 5.32 Å². The van der Waals surface area contributed by atoms with Crippen LogP contribution in [0.4, 0.5) is 4.39 Å². The van der Waals surface area contributed by atoms with E-state index in [4.69, 9.17) is 5.26 Å². The average molecular weight is 260 g/mol. The molecule has 1 aromatic heterocycles. The zero-order chi connectivity index (χ0) is 13.0. The van der Waals surface area contributed by atoms with Crippen LogP contribution in [0.3, 0.4) is 0 Å². The van der Waals surface area contributed by atoms with E-state index in [-0.39, 0.29) is 11.9 Å². The third kappa shape index (κ3) is 2.95. The van der Waals surface area contributed by atoms with Gasteiger partial charge in [0.2, 0.25) is 0 Å². The van der Waals surface area contributed by atoms with Crippen molar-refractivity contribution in [2.75, 3.05) is 0 Å². The number of hydrogen-bond acceptors (Lipinski definition) is 3. The monoisotopic (exact) mass is 260 g/mol. The van der Waals surface area contributed by atoms with Crippen molar-refractivity contribution in [2.24, 2.45) is 0 Å². The lowest BCUT2D eigenvalue weighted by Gasteiger charge is -2.14. The molecule has 0 unspecified atom stereocenters. The second-order valence-corrected chi connectivity index (χ2v) is 5.03. The lowest BCUT2D eigenvalue weighted by molar-refractivity contribution is 0.530. The third-order valence-corrected chi connectivity index (χ3v) is 3.67. The molecule has 0 aliphatic rings. The van der Waals surface area contributed by atoms with Gasteiger partial charge in [0.1, 0.15) is 11.9 Å². The van der Waals surface area contributed by atoms with Crippen molar-refractivity contribution in [1.29, 1.82) is 5.26 Å². The van der Waals surface area contributed by atoms with Gasteiger partial charge in [-0.2, -0.15) is 5.26 Å². The first-order valence-electron chi connectivity index (χ1n) is 5.66. The molecule has 0 radical (unpaired) electrons. The fourth-order valence-electron chi connectivity index (χ4n) is 1.72. The molecule has 4 heteroatoms. The van der Waals surface area contributed by atoms with E-state index >= 15 is 0 Å². The molecule has 0 fully saturated rings. The maximum Gasteiger partial charge on any atom is 0.127 e. The molecule has 0 saturated heterocycles. The number of benzene rings is 1. The Kier molecular flexibility index (Phi) is 4.08. The smallest absolute Gasteiger partial charge is 0.127 e. The van der Waals surface area contributed by atoms with Crippen molar-refractivity contribution >= 4 is 11.3 Å². The lowest BCUT2D eigenvalue weighted by atomic mass is 10.1. The van der Waals surface area contributed by atoms with Gasteiger partial charge in [0.05, 0.1) is 5.56 Å². The summed E-state index contributed by atoms with van der Waals surface area (Å²) in [5.41, 5.74) is 1.34. The summed E-state index contributed by atoms with van der Waals surface area (Å²) in [5.74, 6) is -0.193. The fourth-order valence-corrected chi connectivity index (χ4v) is 2.48. The Labute approximate surface area is 110 Å². The highest BCUT2D eigenvalue weighted by molar-refractivity contribution is 7.10. The van der Waals surface area contributed by atoms with Crippen LogP contribution >= 0.6 is 11.3 Å². The first-order chi connectivity index (χ1) is 8.70. The van der Waals surface area contributed by atoms with Gasteiger partial charge in [-0.3, -0.25) is 0 Å². The molecule has 0 bridgehead atoms. The van der Waals surface area contributed by atoms with Crippen LogP contribution < -0.4 is 5.32 Å². The Bertz CT molecular complexity index is 571. The summed E-state index contributed by atoms with van der Waals surface area (Å²) in [6.07, 6.45) is 0. The molecule has 2 aromatic rings. The van der Waals surface area contributed by atoms with Crippen LogP contribution in [0.1, 0.15) is 29.0 Å². The van der Waals surface area contributed by atoms with Crippen LogP contribution in [-0.4, -0.2) is 0 Å². The fraction of sp³-hybridized carbons (Fsp3) is 0.214. The summed E-state index contributed by atoms with van der Waals surface area (Å²) in [6, 6.07) is 10.7. The lowest BCUT2D eigenvalue weighted by Crippen LogP contribution is -2.18. The van der Waals surface area contributed by atoms with Crippen molar-refractivity contribution in [2.45, 2.75) is 19.5 Å². The Balaban J connectivity index is 1.98. The number of nitrogens with one attached hydrogen (secondary N) is 1. The highest BCUT2D eigenvalue weighted by Gasteiger charge is 2.09. The molecule has 18 heavy (non-hydrogen) atoms. The van der Waals surface area contributed by atoms with E-state index in [2.05, 4.69) is 11.4 Å². The Morgan fingerprint density at radius 3 is 2.89 bits per heavy atom. The number of hydrogen-bond donors (Lipinski definition) is 1. The first-order valence-corrected chi connectivity index (χ1v) is 6.54. The number of halogens is 1. The predicted molar refractivity (Wildman–Crippen MR) is 70.7 cm³/mol. The number of rotatable bonds is 4. The molecule has 0 amide bonds. The molecule has 2 nitrogen and oxygen atoms in total. The van der Waals surface area contributed by atoms with Crippen LogP contribution in [0.25, 0.3) is 0 Å². The largest absolute Gasteiger partial charge is 0.305 e. The molecule has 0 aliphatic carbocycles. The van der Waals surface area contributed by atoms with Gasteiger partial charge in [-0.05, 0) is 19.1 Å². The van der Waals surface area contributed by atoms with E-state index in [1.807, 2.05) is 24.4 Å². The maximum absolute atomic E-state index is 13.5. The minimum atomic E-state index is -0.193. The summed E-state index contributed by atoms with van der Waals surface area (Å²) >= 11 is 1.54. The Morgan fingerprint density at radius 1 is 1.44 bits per heavy atom. The summed E-state index contributed by atoms with van der Waals surface area (Å²) in [6.45, 7) is 2.57. The van der Waals surface area contributed by atoms with E-state index in [0.717, 1.165) is 4.88 Å². The van der Waals surface area contributed by atoms with Gasteiger partial charge in [0.15, 0.2) is 0 Å². The molecule has 1 atom stereocenters. The normalized spacial score (nSPS) is 12.1. The summed E-state index contributed by atoms with van der Waals surface area (Å²) in [4.78, 5) is 1.08. The molecule has 1 N–H and O–H groups in total. The SMILES string of the molecule is C[C@@H](NCc1cc(C#N)cs1)c1ccccc1F. The van der Waals surface area contributed by atoms with Gasteiger partial charge in [0.25, 0.3) is 0 Å². The van der Waals surface area contributed by atoms with E-state index in [1.165, 1.54) is 17.4 Å². The zero-order valence-electron chi connectivity index (χ0n) is 9.98. The molecular formula is C14H13FN2S. The number of thiophene rings is 1. The van der Waals surface area contributed by atoms with E-state index in [9.17, 15) is 4.39 Å². The van der Waals surface area contributed by atoms with Crippen LogP contribution in [-0.2, 0) is 6.54 Å². The van der Waals surface area contributed by atoms with Gasteiger partial charge in [0, 0.05) is 28.4 Å². The molecule has 2 rings (SSSR count). The summed E-state index contributed by atoms with van der Waals surface area (Å²) in [5, 5.41) is 13.8. The molecule has 0 spiro atoms. The second kappa shape index (κ2) is 5.76. The van der Waals surface area contributed by atoms with Crippen molar-refractivity contribution in [1.82, 2.24) is 5.32 Å². The molecule has 92 valence electrons. The maximum atomic E-state index is 13.5. The van der Waals surface area contributed by atoms with Gasteiger partial charge >= 0.3 is 0 Å². The molecular weight excluding hydrogens is 247 g/mol. The standard InChI is InChI=1S/C14H13FN2S/c1-10(13-4-2-3-5-14(13)15)17-8-12-6-11(7-16)9-18-12/h2-6,9-10,17H,8H2,1H3/t10-/m1/s1. The van der Waals surface area contributed by atoms with E-state index in [1.54, 1.807) is 12.1 Å². The summed E-state index contributed by atoms with van der Waals surface area (Å²) in [7, 11) is 0. The Morgan fingerprint density at radius 2 is 2.22 bits per heavy atom. The number of nitrogens with zero attached hydrogens (tertiary/aromatic N) is 1. The predicted octanol–water partition coefficient (Wildman–Crippen LogP) is 3.61. The quantitative estimate of drug-likeness (QED) is 0.911. The minimum absolute atomic E-state index is 0.0566. The van der Waals surface area contributed by atoms with Crippen LogP contribution in [0.15, 0.2) is 35.7 Å². The highest BCUT2D eigenvalue weighted by Crippen LogP contribution is 2.18. The molecule has 1 heterocycles. The summed E-state index contributed by atoms with van der Waals surface area (Å²) < 4.78 is 13.5. The van der Waals surface area contributed by atoms with Crippen LogP contribution in [0, 0.1) is 17.1 Å². The van der Waals surface area contributed by atoms with Gasteiger partial charge in [-0.1, -0.05) is 18.2 Å².